The minimum absolute atomic E-state index is 0.118. The summed E-state index contributed by atoms with van der Waals surface area (Å²) in [6.07, 6.45) is 5.38. The van der Waals surface area contributed by atoms with Crippen LogP contribution in [0.2, 0.25) is 10.0 Å². The van der Waals surface area contributed by atoms with E-state index in [1.807, 2.05) is 26.0 Å². The number of halogens is 2. The molecule has 0 spiro atoms. The Balaban J connectivity index is 1.60. The van der Waals surface area contributed by atoms with Gasteiger partial charge >= 0.3 is 0 Å². The van der Waals surface area contributed by atoms with Crippen LogP contribution in [0.15, 0.2) is 18.2 Å². The summed E-state index contributed by atoms with van der Waals surface area (Å²) in [5.74, 6) is 0.616. The normalized spacial score (nSPS) is 27.0. The summed E-state index contributed by atoms with van der Waals surface area (Å²) in [5.41, 5.74) is 0.502. The lowest BCUT2D eigenvalue weighted by atomic mass is 9.88. The van der Waals surface area contributed by atoms with Crippen molar-refractivity contribution in [3.05, 3.63) is 33.8 Å². The molecular formula is C18H24Cl2N2O. The van der Waals surface area contributed by atoms with Crippen molar-refractivity contribution in [2.75, 3.05) is 0 Å². The van der Waals surface area contributed by atoms with Crippen LogP contribution >= 0.6 is 23.2 Å². The first kappa shape index (κ1) is 17.1. The maximum atomic E-state index is 12.5. The van der Waals surface area contributed by atoms with Gasteiger partial charge in [0.2, 0.25) is 5.91 Å². The number of carbonyl (C=O) groups is 1. The average molecular weight is 355 g/mol. The van der Waals surface area contributed by atoms with Crippen LogP contribution in [0, 0.1) is 5.92 Å². The highest BCUT2D eigenvalue weighted by molar-refractivity contribution is 6.42. The SMILES string of the molecule is CC(C)(NC(=O)CC1CC2CCC(C1)N2)c1ccc(Cl)c(Cl)c1. The van der Waals surface area contributed by atoms with Gasteiger partial charge in [0, 0.05) is 18.5 Å². The van der Waals surface area contributed by atoms with Crippen LogP contribution < -0.4 is 10.6 Å². The fraction of sp³-hybridized carbons (Fsp3) is 0.611. The van der Waals surface area contributed by atoms with Gasteiger partial charge in [-0.3, -0.25) is 4.79 Å². The van der Waals surface area contributed by atoms with E-state index in [-0.39, 0.29) is 5.91 Å². The van der Waals surface area contributed by atoms with Crippen molar-refractivity contribution in [2.45, 2.75) is 63.6 Å². The molecule has 0 aromatic heterocycles. The number of hydrogen-bond donors (Lipinski definition) is 2. The molecule has 2 heterocycles. The zero-order chi connectivity index (χ0) is 16.6. The van der Waals surface area contributed by atoms with Crippen LogP contribution in [0.3, 0.4) is 0 Å². The predicted octanol–water partition coefficient (Wildman–Crippen LogP) is 4.27. The Bertz CT molecular complexity index is 591. The van der Waals surface area contributed by atoms with Gasteiger partial charge in [-0.05, 0) is 63.1 Å². The number of benzene rings is 1. The Hall–Kier alpha value is -0.770. The van der Waals surface area contributed by atoms with E-state index in [1.54, 1.807) is 6.07 Å². The summed E-state index contributed by atoms with van der Waals surface area (Å²) >= 11 is 12.1. The second kappa shape index (κ2) is 6.62. The molecule has 1 aromatic rings. The third-order valence-corrected chi connectivity index (χ3v) is 5.88. The molecule has 2 unspecified atom stereocenters. The molecule has 3 nitrogen and oxygen atoms in total. The molecular weight excluding hydrogens is 331 g/mol. The molecule has 2 fully saturated rings. The molecule has 5 heteroatoms. The Morgan fingerprint density at radius 2 is 1.87 bits per heavy atom. The maximum Gasteiger partial charge on any atom is 0.220 e. The molecule has 2 atom stereocenters. The Labute approximate surface area is 148 Å². The van der Waals surface area contributed by atoms with Crippen molar-refractivity contribution in [2.24, 2.45) is 5.92 Å². The van der Waals surface area contributed by atoms with Crippen LogP contribution in [0.25, 0.3) is 0 Å². The van der Waals surface area contributed by atoms with Gasteiger partial charge in [-0.1, -0.05) is 29.3 Å². The average Bonchev–Trinajstić information content (AvgIpc) is 2.80. The van der Waals surface area contributed by atoms with Crippen LogP contribution in [-0.4, -0.2) is 18.0 Å². The fourth-order valence-corrected chi connectivity index (χ4v) is 4.26. The first-order valence-corrected chi connectivity index (χ1v) is 9.11. The first-order chi connectivity index (χ1) is 10.8. The highest BCUT2D eigenvalue weighted by Crippen LogP contribution is 2.33. The Morgan fingerprint density at radius 3 is 2.48 bits per heavy atom. The fourth-order valence-electron chi connectivity index (χ4n) is 3.96. The topological polar surface area (TPSA) is 41.1 Å². The second-order valence-electron chi connectivity index (χ2n) is 7.48. The summed E-state index contributed by atoms with van der Waals surface area (Å²) in [5, 5.41) is 7.82. The zero-order valence-electron chi connectivity index (χ0n) is 13.7. The lowest BCUT2D eigenvalue weighted by Crippen LogP contribution is -2.44. The van der Waals surface area contributed by atoms with Crippen molar-refractivity contribution in [1.82, 2.24) is 10.6 Å². The predicted molar refractivity (Wildman–Crippen MR) is 94.9 cm³/mol. The molecule has 2 bridgehead atoms. The molecule has 23 heavy (non-hydrogen) atoms. The smallest absolute Gasteiger partial charge is 0.220 e. The van der Waals surface area contributed by atoms with Gasteiger partial charge in [0.05, 0.1) is 15.6 Å². The van der Waals surface area contributed by atoms with Gasteiger partial charge in [-0.2, -0.15) is 0 Å². The molecule has 2 aliphatic rings. The number of piperidine rings is 1. The number of rotatable bonds is 4. The highest BCUT2D eigenvalue weighted by atomic mass is 35.5. The quantitative estimate of drug-likeness (QED) is 0.847. The molecule has 126 valence electrons. The van der Waals surface area contributed by atoms with E-state index in [4.69, 9.17) is 23.2 Å². The van der Waals surface area contributed by atoms with Gasteiger partial charge in [0.25, 0.3) is 0 Å². The van der Waals surface area contributed by atoms with Crippen LogP contribution in [-0.2, 0) is 10.3 Å². The van der Waals surface area contributed by atoms with Crippen molar-refractivity contribution in [3.8, 4) is 0 Å². The van der Waals surface area contributed by atoms with E-state index in [2.05, 4.69) is 10.6 Å². The number of fused-ring (bicyclic) bond motifs is 2. The monoisotopic (exact) mass is 354 g/mol. The van der Waals surface area contributed by atoms with Gasteiger partial charge < -0.3 is 10.6 Å². The first-order valence-electron chi connectivity index (χ1n) is 8.36. The molecule has 3 rings (SSSR count). The standard InChI is InChI=1S/C18H24Cl2N2O/c1-18(2,12-3-6-15(19)16(20)10-12)22-17(23)9-11-7-13-4-5-14(8-11)21-13/h3,6,10-11,13-14,21H,4-5,7-9H2,1-2H3,(H,22,23). The van der Waals surface area contributed by atoms with Crippen LogP contribution in [0.5, 0.6) is 0 Å². The zero-order valence-corrected chi connectivity index (χ0v) is 15.2. The van der Waals surface area contributed by atoms with E-state index >= 15 is 0 Å². The summed E-state index contributed by atoms with van der Waals surface area (Å²) in [4.78, 5) is 12.5. The highest BCUT2D eigenvalue weighted by Gasteiger charge is 2.35. The Morgan fingerprint density at radius 1 is 1.22 bits per heavy atom. The van der Waals surface area contributed by atoms with Crippen LogP contribution in [0.4, 0.5) is 0 Å². The maximum absolute atomic E-state index is 12.5. The van der Waals surface area contributed by atoms with Gasteiger partial charge in [0.15, 0.2) is 0 Å². The van der Waals surface area contributed by atoms with Crippen molar-refractivity contribution >= 4 is 29.1 Å². The lowest BCUT2D eigenvalue weighted by molar-refractivity contribution is -0.124. The van der Waals surface area contributed by atoms with E-state index in [0.717, 1.165) is 18.4 Å². The Kier molecular flexibility index (Phi) is 4.91. The summed E-state index contributed by atoms with van der Waals surface area (Å²) in [6, 6.07) is 6.76. The molecule has 0 radical (unpaired) electrons. The number of nitrogens with one attached hydrogen (secondary N) is 2. The largest absolute Gasteiger partial charge is 0.347 e. The molecule has 0 saturated carbocycles. The summed E-state index contributed by atoms with van der Waals surface area (Å²) < 4.78 is 0. The molecule has 2 saturated heterocycles. The van der Waals surface area contributed by atoms with Gasteiger partial charge in [-0.15, -0.1) is 0 Å². The van der Waals surface area contributed by atoms with E-state index < -0.39 is 5.54 Å². The number of amides is 1. The van der Waals surface area contributed by atoms with E-state index in [9.17, 15) is 4.79 Å². The molecule has 1 amide bonds. The molecule has 2 N–H and O–H groups in total. The summed E-state index contributed by atoms with van der Waals surface area (Å²) in [6.45, 7) is 3.99. The number of hydrogen-bond acceptors (Lipinski definition) is 2. The molecule has 2 aliphatic heterocycles. The molecule has 0 aliphatic carbocycles. The second-order valence-corrected chi connectivity index (χ2v) is 8.30. The van der Waals surface area contributed by atoms with Crippen molar-refractivity contribution in [3.63, 3.8) is 0 Å². The summed E-state index contributed by atoms with van der Waals surface area (Å²) in [7, 11) is 0. The van der Waals surface area contributed by atoms with Gasteiger partial charge in [-0.25, -0.2) is 0 Å². The lowest BCUT2D eigenvalue weighted by Gasteiger charge is -2.31. The minimum Gasteiger partial charge on any atom is -0.347 e. The van der Waals surface area contributed by atoms with Crippen molar-refractivity contribution < 1.29 is 4.79 Å². The van der Waals surface area contributed by atoms with E-state index in [0.29, 0.717) is 34.5 Å². The third-order valence-electron chi connectivity index (χ3n) is 5.14. The third kappa shape index (κ3) is 4.01. The molecule has 1 aromatic carbocycles. The minimum atomic E-state index is -0.461. The number of carbonyl (C=O) groups excluding carboxylic acids is 1. The van der Waals surface area contributed by atoms with Crippen molar-refractivity contribution in [1.29, 1.82) is 0 Å². The van der Waals surface area contributed by atoms with Crippen LogP contribution in [0.1, 0.15) is 51.5 Å². The van der Waals surface area contributed by atoms with E-state index in [1.165, 1.54) is 12.8 Å². The van der Waals surface area contributed by atoms with Gasteiger partial charge in [0.1, 0.15) is 0 Å².